The van der Waals surface area contributed by atoms with Crippen molar-refractivity contribution in [1.82, 2.24) is 10.6 Å². The van der Waals surface area contributed by atoms with Gasteiger partial charge in [0.15, 0.2) is 5.76 Å². The van der Waals surface area contributed by atoms with Gasteiger partial charge in [-0.3, -0.25) is 4.79 Å². The average Bonchev–Trinajstić information content (AvgIpc) is 2.90. The van der Waals surface area contributed by atoms with E-state index in [1.54, 1.807) is 0 Å². The Morgan fingerprint density at radius 2 is 1.92 bits per heavy atom. The van der Waals surface area contributed by atoms with E-state index in [9.17, 15) is 4.79 Å². The number of rotatable bonds is 5. The largest absolute Gasteiger partial charge is 0.450 e. The molecule has 0 saturated heterocycles. The molecule has 2 N–H and O–H groups in total. The highest BCUT2D eigenvalue weighted by molar-refractivity contribution is 6.08. The molecule has 4 nitrogen and oxygen atoms in total. The average molecular weight is 347 g/mol. The summed E-state index contributed by atoms with van der Waals surface area (Å²) < 4.78 is 5.93. The molecule has 0 radical (unpaired) electrons. The van der Waals surface area contributed by atoms with Crippen LogP contribution in [-0.4, -0.2) is 25.0 Å². The van der Waals surface area contributed by atoms with Gasteiger partial charge in [0.05, 0.1) is 0 Å². The molecule has 1 atom stereocenters. The number of hydrogen-bond donors (Lipinski definition) is 2. The maximum Gasteiger partial charge on any atom is 0.287 e. The van der Waals surface area contributed by atoms with Crippen LogP contribution < -0.4 is 10.6 Å². The van der Waals surface area contributed by atoms with Crippen molar-refractivity contribution in [2.24, 2.45) is 0 Å². The standard InChI is InChI=1S/C19H22N2O2.ClH/c1-4-20-12(2)11-21-19(22)17-13(3)15-10-9-14-7-5-6-8-16(14)18(15)23-17;/h5-10,12,20H,4,11H2,1-3H3,(H,21,22);1H/t12-;/m1./s1. The van der Waals surface area contributed by atoms with E-state index < -0.39 is 0 Å². The maximum absolute atomic E-state index is 12.4. The Bertz CT molecular complexity index is 857. The van der Waals surface area contributed by atoms with E-state index in [1.165, 1.54) is 0 Å². The number of halogens is 1. The smallest absolute Gasteiger partial charge is 0.287 e. The second-order valence-corrected chi connectivity index (χ2v) is 5.89. The van der Waals surface area contributed by atoms with Crippen molar-refractivity contribution in [2.75, 3.05) is 13.1 Å². The van der Waals surface area contributed by atoms with E-state index in [4.69, 9.17) is 4.42 Å². The van der Waals surface area contributed by atoms with Gasteiger partial charge in [-0.05, 0) is 25.8 Å². The Balaban J connectivity index is 0.00000208. The summed E-state index contributed by atoms with van der Waals surface area (Å²) in [6, 6.07) is 12.4. The molecule has 0 spiro atoms. The number of likely N-dealkylation sites (N-methyl/N-ethyl adjacent to an activating group) is 1. The Labute approximate surface area is 148 Å². The number of aryl methyl sites for hydroxylation is 1. The second-order valence-electron chi connectivity index (χ2n) is 5.89. The normalized spacial score (nSPS) is 12.1. The number of nitrogens with one attached hydrogen (secondary N) is 2. The molecule has 3 rings (SSSR count). The summed E-state index contributed by atoms with van der Waals surface area (Å²) >= 11 is 0. The summed E-state index contributed by atoms with van der Waals surface area (Å²) in [5.41, 5.74) is 1.67. The molecule has 3 aromatic rings. The first kappa shape index (κ1) is 18.3. The lowest BCUT2D eigenvalue weighted by Gasteiger charge is -2.12. The predicted molar refractivity (Wildman–Crippen MR) is 101 cm³/mol. The maximum atomic E-state index is 12.4. The van der Waals surface area contributed by atoms with E-state index >= 15 is 0 Å². The lowest BCUT2D eigenvalue weighted by molar-refractivity contribution is 0.0924. The molecule has 128 valence electrons. The number of carbonyl (C=O) groups is 1. The van der Waals surface area contributed by atoms with E-state index in [0.717, 1.165) is 33.8 Å². The van der Waals surface area contributed by atoms with Gasteiger partial charge in [0.1, 0.15) is 5.58 Å². The predicted octanol–water partition coefficient (Wildman–Crippen LogP) is 4.04. The number of hydrogen-bond acceptors (Lipinski definition) is 3. The van der Waals surface area contributed by atoms with Crippen molar-refractivity contribution >= 4 is 40.1 Å². The number of carbonyl (C=O) groups excluding carboxylic acids is 1. The first-order valence-corrected chi connectivity index (χ1v) is 8.04. The summed E-state index contributed by atoms with van der Waals surface area (Å²) in [4.78, 5) is 12.4. The molecular weight excluding hydrogens is 324 g/mol. The topological polar surface area (TPSA) is 54.3 Å². The summed E-state index contributed by atoms with van der Waals surface area (Å²) in [5.74, 6) is 0.243. The molecule has 2 aromatic carbocycles. The molecule has 1 amide bonds. The van der Waals surface area contributed by atoms with Crippen LogP contribution in [0.4, 0.5) is 0 Å². The van der Waals surface area contributed by atoms with E-state index in [0.29, 0.717) is 12.3 Å². The van der Waals surface area contributed by atoms with Gasteiger partial charge >= 0.3 is 0 Å². The quantitative estimate of drug-likeness (QED) is 0.733. The van der Waals surface area contributed by atoms with Gasteiger partial charge in [-0.2, -0.15) is 0 Å². The number of fused-ring (bicyclic) bond motifs is 3. The van der Waals surface area contributed by atoms with Crippen LogP contribution in [0.25, 0.3) is 21.7 Å². The van der Waals surface area contributed by atoms with Crippen LogP contribution >= 0.6 is 12.4 Å². The van der Waals surface area contributed by atoms with Crippen molar-refractivity contribution in [1.29, 1.82) is 0 Å². The zero-order chi connectivity index (χ0) is 16.4. The monoisotopic (exact) mass is 346 g/mol. The summed E-state index contributed by atoms with van der Waals surface area (Å²) in [5, 5.41) is 9.35. The molecule has 1 aromatic heterocycles. The van der Waals surface area contributed by atoms with Crippen LogP contribution in [0.5, 0.6) is 0 Å². The van der Waals surface area contributed by atoms with Gasteiger partial charge < -0.3 is 15.1 Å². The highest BCUT2D eigenvalue weighted by Crippen LogP contribution is 2.31. The number of amides is 1. The Kier molecular flexibility index (Phi) is 5.86. The number of furan rings is 1. The van der Waals surface area contributed by atoms with Crippen LogP contribution in [0, 0.1) is 6.92 Å². The zero-order valence-electron chi connectivity index (χ0n) is 14.2. The molecule has 0 saturated carbocycles. The summed E-state index contributed by atoms with van der Waals surface area (Å²) in [6.07, 6.45) is 0. The SMILES string of the molecule is CCN[C@H](C)CNC(=O)c1oc2c(ccc3ccccc32)c1C.Cl. The zero-order valence-corrected chi connectivity index (χ0v) is 15.0. The van der Waals surface area contributed by atoms with Crippen LogP contribution in [0.3, 0.4) is 0 Å². The third-order valence-electron chi connectivity index (χ3n) is 4.16. The van der Waals surface area contributed by atoms with E-state index in [-0.39, 0.29) is 24.4 Å². The van der Waals surface area contributed by atoms with Crippen molar-refractivity contribution in [3.05, 3.63) is 47.7 Å². The van der Waals surface area contributed by atoms with Crippen LogP contribution in [0.1, 0.15) is 30.0 Å². The molecule has 0 aliphatic carbocycles. The van der Waals surface area contributed by atoms with Crippen molar-refractivity contribution in [3.8, 4) is 0 Å². The van der Waals surface area contributed by atoms with Crippen LogP contribution in [0.15, 0.2) is 40.8 Å². The highest BCUT2D eigenvalue weighted by atomic mass is 35.5. The van der Waals surface area contributed by atoms with Gasteiger partial charge in [-0.1, -0.05) is 43.3 Å². The minimum atomic E-state index is -0.160. The fraction of sp³-hybridized carbons (Fsp3) is 0.316. The van der Waals surface area contributed by atoms with Gasteiger partial charge in [0, 0.05) is 28.9 Å². The minimum Gasteiger partial charge on any atom is -0.450 e. The summed E-state index contributed by atoms with van der Waals surface area (Å²) in [6.45, 7) is 7.48. The van der Waals surface area contributed by atoms with Crippen LogP contribution in [0.2, 0.25) is 0 Å². The van der Waals surface area contributed by atoms with Gasteiger partial charge in [0.25, 0.3) is 5.91 Å². The minimum absolute atomic E-state index is 0. The van der Waals surface area contributed by atoms with Crippen LogP contribution in [-0.2, 0) is 0 Å². The first-order chi connectivity index (χ1) is 11.1. The van der Waals surface area contributed by atoms with Crippen molar-refractivity contribution < 1.29 is 9.21 Å². The third kappa shape index (κ3) is 3.40. The van der Waals surface area contributed by atoms with Gasteiger partial charge in [0.2, 0.25) is 0 Å². The van der Waals surface area contributed by atoms with Gasteiger partial charge in [-0.15, -0.1) is 12.4 Å². The molecular formula is C19H23ClN2O2. The Morgan fingerprint density at radius 3 is 2.67 bits per heavy atom. The Hall–Kier alpha value is -2.04. The fourth-order valence-electron chi connectivity index (χ4n) is 2.91. The summed E-state index contributed by atoms with van der Waals surface area (Å²) in [7, 11) is 0. The lowest BCUT2D eigenvalue weighted by Crippen LogP contribution is -2.38. The molecule has 5 heteroatoms. The third-order valence-corrected chi connectivity index (χ3v) is 4.16. The Morgan fingerprint density at radius 1 is 1.17 bits per heavy atom. The molecule has 0 bridgehead atoms. The van der Waals surface area contributed by atoms with Crippen molar-refractivity contribution in [2.45, 2.75) is 26.8 Å². The lowest BCUT2D eigenvalue weighted by atomic mass is 10.1. The highest BCUT2D eigenvalue weighted by Gasteiger charge is 2.19. The second kappa shape index (κ2) is 7.69. The molecule has 24 heavy (non-hydrogen) atoms. The fourth-order valence-corrected chi connectivity index (χ4v) is 2.91. The molecule has 0 fully saturated rings. The first-order valence-electron chi connectivity index (χ1n) is 8.04. The molecule has 0 aliphatic heterocycles. The number of benzene rings is 2. The molecule has 1 heterocycles. The van der Waals surface area contributed by atoms with Gasteiger partial charge in [-0.25, -0.2) is 0 Å². The molecule has 0 unspecified atom stereocenters. The van der Waals surface area contributed by atoms with E-state index in [2.05, 4.69) is 16.7 Å². The van der Waals surface area contributed by atoms with E-state index in [1.807, 2.05) is 51.1 Å². The molecule has 0 aliphatic rings. The van der Waals surface area contributed by atoms with Crippen molar-refractivity contribution in [3.63, 3.8) is 0 Å².